The summed E-state index contributed by atoms with van der Waals surface area (Å²) in [6.45, 7) is 9.84. The van der Waals surface area contributed by atoms with Gasteiger partial charge in [-0.15, -0.1) is 0 Å². The molecule has 2 aromatic heterocycles. The number of fused-ring (bicyclic) bond motifs is 1. The zero-order valence-electron chi connectivity index (χ0n) is 17.1. The quantitative estimate of drug-likeness (QED) is 0.621. The van der Waals surface area contributed by atoms with Crippen LogP contribution in [0.3, 0.4) is 0 Å². The van der Waals surface area contributed by atoms with Crippen LogP contribution in [0.2, 0.25) is 0 Å². The van der Waals surface area contributed by atoms with Crippen molar-refractivity contribution in [1.82, 2.24) is 14.9 Å². The Morgan fingerprint density at radius 2 is 1.79 bits per heavy atom. The van der Waals surface area contributed by atoms with Crippen molar-refractivity contribution >= 4 is 16.6 Å². The Morgan fingerprint density at radius 3 is 2.50 bits per heavy atom. The third-order valence-electron chi connectivity index (χ3n) is 5.75. The maximum Gasteiger partial charge on any atom is 0.137 e. The van der Waals surface area contributed by atoms with Crippen LogP contribution >= 0.6 is 0 Å². The number of benzene rings is 1. The molecule has 1 fully saturated rings. The van der Waals surface area contributed by atoms with Gasteiger partial charge >= 0.3 is 0 Å². The fourth-order valence-electron chi connectivity index (χ4n) is 3.93. The van der Waals surface area contributed by atoms with Crippen LogP contribution in [0.4, 0.5) is 5.82 Å². The van der Waals surface area contributed by atoms with Gasteiger partial charge < -0.3 is 9.80 Å². The van der Waals surface area contributed by atoms with Gasteiger partial charge in [0.05, 0.1) is 5.69 Å². The second-order valence-electron chi connectivity index (χ2n) is 7.62. The van der Waals surface area contributed by atoms with Gasteiger partial charge in [0.15, 0.2) is 0 Å². The molecule has 28 heavy (non-hydrogen) atoms. The molecule has 1 aromatic carbocycles. The standard InChI is InChI=1S/C24H30N4/c1-3-5-9-21-12-11-20(18-25-21)23-17-19-8-6-7-10-22(19)24(26-23)28-15-13-27(4-2)14-16-28/h6-8,10-12,17-18H,3-5,9,13-16H2,1-2H3. The van der Waals surface area contributed by atoms with E-state index in [-0.39, 0.29) is 0 Å². The number of nitrogens with zero attached hydrogens (tertiary/aromatic N) is 4. The Hall–Kier alpha value is -2.46. The summed E-state index contributed by atoms with van der Waals surface area (Å²) in [4.78, 5) is 14.7. The molecule has 0 unspecified atom stereocenters. The Morgan fingerprint density at radius 1 is 0.964 bits per heavy atom. The predicted molar refractivity (Wildman–Crippen MR) is 118 cm³/mol. The number of aryl methyl sites for hydroxylation is 1. The van der Waals surface area contributed by atoms with Gasteiger partial charge in [-0.05, 0) is 43.0 Å². The highest BCUT2D eigenvalue weighted by Gasteiger charge is 2.19. The highest BCUT2D eigenvalue weighted by atomic mass is 15.3. The molecule has 0 amide bonds. The van der Waals surface area contributed by atoms with E-state index in [1.54, 1.807) is 0 Å². The van der Waals surface area contributed by atoms with Gasteiger partial charge in [-0.2, -0.15) is 0 Å². The first kappa shape index (κ1) is 18.9. The molecule has 1 aliphatic rings. The van der Waals surface area contributed by atoms with Gasteiger partial charge in [-0.3, -0.25) is 4.98 Å². The highest BCUT2D eigenvalue weighted by Crippen LogP contribution is 2.30. The topological polar surface area (TPSA) is 32.3 Å². The molecular formula is C24H30N4. The van der Waals surface area contributed by atoms with E-state index < -0.39 is 0 Å². The molecule has 1 saturated heterocycles. The van der Waals surface area contributed by atoms with Crippen LogP contribution < -0.4 is 4.90 Å². The predicted octanol–water partition coefficient (Wildman–Crippen LogP) is 4.78. The number of aromatic nitrogens is 2. The maximum absolute atomic E-state index is 5.10. The van der Waals surface area contributed by atoms with Crippen molar-refractivity contribution in [2.45, 2.75) is 33.1 Å². The van der Waals surface area contributed by atoms with E-state index in [1.807, 2.05) is 6.20 Å². The lowest BCUT2D eigenvalue weighted by Gasteiger charge is -2.35. The molecule has 4 rings (SSSR count). The van der Waals surface area contributed by atoms with Crippen molar-refractivity contribution in [3.63, 3.8) is 0 Å². The summed E-state index contributed by atoms with van der Waals surface area (Å²) >= 11 is 0. The molecule has 0 bridgehead atoms. The zero-order valence-corrected chi connectivity index (χ0v) is 17.1. The summed E-state index contributed by atoms with van der Waals surface area (Å²) in [5.41, 5.74) is 3.28. The molecule has 0 radical (unpaired) electrons. The van der Waals surface area contributed by atoms with Crippen LogP contribution in [0, 0.1) is 0 Å². The van der Waals surface area contributed by atoms with Gasteiger partial charge in [0.1, 0.15) is 5.82 Å². The lowest BCUT2D eigenvalue weighted by Crippen LogP contribution is -2.46. The average molecular weight is 375 g/mol. The Labute approximate surface area is 168 Å². The Bertz CT molecular complexity index is 912. The summed E-state index contributed by atoms with van der Waals surface area (Å²) in [5.74, 6) is 1.11. The normalized spacial score (nSPS) is 15.3. The summed E-state index contributed by atoms with van der Waals surface area (Å²) in [5, 5.41) is 2.49. The van der Waals surface area contributed by atoms with Gasteiger partial charge in [-0.25, -0.2) is 4.98 Å². The molecule has 0 N–H and O–H groups in total. The molecule has 146 valence electrons. The monoisotopic (exact) mass is 374 g/mol. The smallest absolute Gasteiger partial charge is 0.137 e. The van der Waals surface area contributed by atoms with E-state index >= 15 is 0 Å². The molecule has 0 aliphatic carbocycles. The summed E-state index contributed by atoms with van der Waals surface area (Å²) in [6, 6.07) is 15.1. The lowest BCUT2D eigenvalue weighted by molar-refractivity contribution is 0.271. The van der Waals surface area contributed by atoms with Gasteiger partial charge in [-0.1, -0.05) is 44.5 Å². The SMILES string of the molecule is CCCCc1ccc(-c2cc3ccccc3c(N3CCN(CC)CC3)n2)cn1. The third-order valence-corrected chi connectivity index (χ3v) is 5.75. The Kier molecular flexibility index (Phi) is 5.87. The first-order valence-corrected chi connectivity index (χ1v) is 10.6. The van der Waals surface area contributed by atoms with E-state index in [9.17, 15) is 0 Å². The number of pyridine rings is 2. The van der Waals surface area contributed by atoms with Crippen molar-refractivity contribution in [1.29, 1.82) is 0 Å². The van der Waals surface area contributed by atoms with E-state index in [4.69, 9.17) is 4.98 Å². The van der Waals surface area contributed by atoms with Crippen molar-refractivity contribution in [2.24, 2.45) is 0 Å². The number of hydrogen-bond donors (Lipinski definition) is 0. The van der Waals surface area contributed by atoms with Crippen LogP contribution in [0.15, 0.2) is 48.7 Å². The third kappa shape index (κ3) is 4.02. The lowest BCUT2D eigenvalue weighted by atomic mass is 10.1. The molecule has 0 atom stereocenters. The van der Waals surface area contributed by atoms with E-state index in [0.29, 0.717) is 0 Å². The minimum atomic E-state index is 1.01. The second-order valence-corrected chi connectivity index (χ2v) is 7.62. The van der Waals surface area contributed by atoms with Crippen LogP contribution in [-0.4, -0.2) is 47.6 Å². The summed E-state index contributed by atoms with van der Waals surface area (Å²) < 4.78 is 0. The van der Waals surface area contributed by atoms with Crippen LogP contribution in [0.5, 0.6) is 0 Å². The van der Waals surface area contributed by atoms with E-state index in [2.05, 4.69) is 71.1 Å². The van der Waals surface area contributed by atoms with E-state index in [0.717, 1.165) is 56.2 Å². The molecule has 3 aromatic rings. The van der Waals surface area contributed by atoms with Crippen molar-refractivity contribution in [3.8, 4) is 11.3 Å². The fourth-order valence-corrected chi connectivity index (χ4v) is 3.93. The number of rotatable bonds is 6. The molecule has 0 spiro atoms. The minimum Gasteiger partial charge on any atom is -0.354 e. The van der Waals surface area contributed by atoms with Crippen molar-refractivity contribution in [3.05, 3.63) is 54.4 Å². The van der Waals surface area contributed by atoms with Gasteiger partial charge in [0, 0.05) is 49.0 Å². The summed E-state index contributed by atoms with van der Waals surface area (Å²) in [7, 11) is 0. The highest BCUT2D eigenvalue weighted by molar-refractivity contribution is 5.95. The first-order valence-electron chi connectivity index (χ1n) is 10.6. The molecule has 4 nitrogen and oxygen atoms in total. The Balaban J connectivity index is 1.68. The van der Waals surface area contributed by atoms with E-state index in [1.165, 1.54) is 29.3 Å². The van der Waals surface area contributed by atoms with Gasteiger partial charge in [0.2, 0.25) is 0 Å². The number of hydrogen-bond acceptors (Lipinski definition) is 4. The number of piperazine rings is 1. The number of likely N-dealkylation sites (N-methyl/N-ethyl adjacent to an activating group) is 1. The largest absolute Gasteiger partial charge is 0.354 e. The molecule has 4 heteroatoms. The van der Waals surface area contributed by atoms with Crippen LogP contribution in [0.25, 0.3) is 22.0 Å². The van der Waals surface area contributed by atoms with Crippen LogP contribution in [-0.2, 0) is 6.42 Å². The van der Waals surface area contributed by atoms with Gasteiger partial charge in [0.25, 0.3) is 0 Å². The molecule has 0 saturated carbocycles. The van der Waals surface area contributed by atoms with Crippen molar-refractivity contribution in [2.75, 3.05) is 37.6 Å². The average Bonchev–Trinajstić information content (AvgIpc) is 2.77. The first-order chi connectivity index (χ1) is 13.8. The summed E-state index contributed by atoms with van der Waals surface area (Å²) in [6.07, 6.45) is 5.43. The number of anilines is 1. The zero-order chi connectivity index (χ0) is 19.3. The minimum absolute atomic E-state index is 1.01. The fraction of sp³-hybridized carbons (Fsp3) is 0.417. The van der Waals surface area contributed by atoms with Crippen molar-refractivity contribution < 1.29 is 0 Å². The number of unbranched alkanes of at least 4 members (excludes halogenated alkanes) is 1. The second kappa shape index (κ2) is 8.70. The molecule has 1 aliphatic heterocycles. The molecule has 3 heterocycles. The van der Waals surface area contributed by atoms with Crippen LogP contribution in [0.1, 0.15) is 32.4 Å². The maximum atomic E-state index is 5.10. The molecular weight excluding hydrogens is 344 g/mol.